The molecule has 0 aliphatic rings. The van der Waals surface area contributed by atoms with E-state index in [0.717, 1.165) is 0 Å². The number of amides is 3. The number of aliphatic carboxylic acids is 1. The molecule has 0 aliphatic carbocycles. The molecule has 3 N–H and O–H groups in total. The first-order chi connectivity index (χ1) is 7.88. The Labute approximate surface area is 100 Å². The average Bonchev–Trinajstić information content (AvgIpc) is 2.26. The van der Waals surface area contributed by atoms with Gasteiger partial charge in [-0.1, -0.05) is 6.92 Å². The highest BCUT2D eigenvalue weighted by atomic mass is 16.4. The Morgan fingerprint density at radius 1 is 1.35 bits per heavy atom. The Hall–Kier alpha value is -1.79. The van der Waals surface area contributed by atoms with E-state index >= 15 is 0 Å². The molecule has 0 fully saturated rings. The summed E-state index contributed by atoms with van der Waals surface area (Å²) in [5.74, 6) is -1.42. The van der Waals surface area contributed by atoms with Crippen molar-refractivity contribution in [3.63, 3.8) is 0 Å². The second-order valence-electron chi connectivity index (χ2n) is 3.77. The molecular weight excluding hydrogens is 226 g/mol. The highest BCUT2D eigenvalue weighted by Crippen LogP contribution is 1.98. The van der Waals surface area contributed by atoms with Crippen LogP contribution in [0.2, 0.25) is 0 Å². The lowest BCUT2D eigenvalue weighted by Gasteiger charge is -2.20. The summed E-state index contributed by atoms with van der Waals surface area (Å²) in [5, 5.41) is 13.3. The van der Waals surface area contributed by atoms with E-state index in [0.29, 0.717) is 0 Å². The second-order valence-corrected chi connectivity index (χ2v) is 3.77. The Kier molecular flexibility index (Phi) is 6.69. The highest BCUT2D eigenvalue weighted by Gasteiger charge is 2.16. The van der Waals surface area contributed by atoms with Crippen LogP contribution in [0, 0.1) is 5.92 Å². The molecular formula is C10H19N3O4. The summed E-state index contributed by atoms with van der Waals surface area (Å²) in [6.45, 7) is 2.06. The van der Waals surface area contributed by atoms with Crippen LogP contribution in [0.25, 0.3) is 0 Å². The van der Waals surface area contributed by atoms with Gasteiger partial charge in [0.25, 0.3) is 0 Å². The molecule has 0 rings (SSSR count). The lowest BCUT2D eigenvalue weighted by molar-refractivity contribution is -0.136. The Morgan fingerprint density at radius 3 is 2.41 bits per heavy atom. The Bertz CT molecular complexity index is 293. The molecule has 0 saturated heterocycles. The van der Waals surface area contributed by atoms with Crippen molar-refractivity contribution in [3.8, 4) is 0 Å². The molecule has 0 aromatic rings. The molecule has 3 amide bonds. The maximum atomic E-state index is 11.5. The van der Waals surface area contributed by atoms with Gasteiger partial charge in [0.1, 0.15) is 0 Å². The van der Waals surface area contributed by atoms with E-state index < -0.39 is 5.97 Å². The van der Waals surface area contributed by atoms with Crippen molar-refractivity contribution < 1.29 is 19.5 Å². The van der Waals surface area contributed by atoms with Crippen LogP contribution in [0.3, 0.4) is 0 Å². The van der Waals surface area contributed by atoms with Crippen LogP contribution in [0.1, 0.15) is 13.3 Å². The van der Waals surface area contributed by atoms with Crippen LogP contribution in [-0.4, -0.2) is 55.1 Å². The van der Waals surface area contributed by atoms with Crippen LogP contribution in [0.4, 0.5) is 4.79 Å². The van der Waals surface area contributed by atoms with Gasteiger partial charge in [0.15, 0.2) is 0 Å². The smallest absolute Gasteiger partial charge is 0.317 e. The van der Waals surface area contributed by atoms with Crippen LogP contribution in [0.15, 0.2) is 0 Å². The van der Waals surface area contributed by atoms with Crippen LogP contribution in [-0.2, 0) is 9.59 Å². The van der Waals surface area contributed by atoms with Crippen molar-refractivity contribution >= 4 is 17.9 Å². The van der Waals surface area contributed by atoms with E-state index in [1.54, 1.807) is 14.0 Å². The van der Waals surface area contributed by atoms with Crippen LogP contribution < -0.4 is 10.6 Å². The van der Waals surface area contributed by atoms with Gasteiger partial charge in [0.05, 0.1) is 12.3 Å². The molecule has 0 radical (unpaired) electrons. The molecule has 0 spiro atoms. The molecule has 0 aliphatic heterocycles. The molecule has 0 heterocycles. The summed E-state index contributed by atoms with van der Waals surface area (Å²) in [6, 6.07) is -0.387. The molecule has 0 aromatic heterocycles. The van der Waals surface area contributed by atoms with Gasteiger partial charge in [0, 0.05) is 27.2 Å². The molecule has 98 valence electrons. The van der Waals surface area contributed by atoms with Gasteiger partial charge in [-0.05, 0) is 0 Å². The first-order valence-electron chi connectivity index (χ1n) is 5.30. The normalized spacial score (nSPS) is 11.5. The Morgan fingerprint density at radius 2 is 1.94 bits per heavy atom. The molecule has 0 aromatic carbocycles. The SMILES string of the molecule is CNC(=O)C(C)CN(C)C(=O)NCCC(=O)O. The molecule has 17 heavy (non-hydrogen) atoms. The van der Waals surface area contributed by atoms with E-state index in [-0.39, 0.29) is 37.4 Å². The summed E-state index contributed by atoms with van der Waals surface area (Å²) in [4.78, 5) is 34.3. The third-order valence-corrected chi connectivity index (χ3v) is 2.20. The number of hydrogen-bond donors (Lipinski definition) is 3. The maximum absolute atomic E-state index is 11.5. The van der Waals surface area contributed by atoms with E-state index in [4.69, 9.17) is 5.11 Å². The summed E-state index contributed by atoms with van der Waals surface area (Å²) >= 11 is 0. The van der Waals surface area contributed by atoms with Crippen LogP contribution >= 0.6 is 0 Å². The monoisotopic (exact) mass is 245 g/mol. The highest BCUT2D eigenvalue weighted by molar-refractivity contribution is 5.79. The summed E-state index contributed by atoms with van der Waals surface area (Å²) in [7, 11) is 3.08. The third-order valence-electron chi connectivity index (χ3n) is 2.20. The minimum absolute atomic E-state index is 0.0763. The van der Waals surface area contributed by atoms with Gasteiger partial charge in [-0.3, -0.25) is 9.59 Å². The van der Waals surface area contributed by atoms with Gasteiger partial charge >= 0.3 is 12.0 Å². The maximum Gasteiger partial charge on any atom is 0.317 e. The van der Waals surface area contributed by atoms with Gasteiger partial charge < -0.3 is 20.6 Å². The zero-order valence-corrected chi connectivity index (χ0v) is 10.3. The first-order valence-corrected chi connectivity index (χ1v) is 5.30. The first kappa shape index (κ1) is 15.2. The van der Waals surface area contributed by atoms with Crippen molar-refractivity contribution in [1.29, 1.82) is 0 Å². The minimum Gasteiger partial charge on any atom is -0.481 e. The van der Waals surface area contributed by atoms with E-state index in [2.05, 4.69) is 10.6 Å². The van der Waals surface area contributed by atoms with Crippen molar-refractivity contribution in [2.45, 2.75) is 13.3 Å². The molecule has 1 atom stereocenters. The van der Waals surface area contributed by atoms with E-state index in [9.17, 15) is 14.4 Å². The standard InChI is InChI=1S/C10H19N3O4/c1-7(9(16)11-2)6-13(3)10(17)12-5-4-8(14)15/h7H,4-6H2,1-3H3,(H,11,16)(H,12,17)(H,14,15). The number of urea groups is 1. The van der Waals surface area contributed by atoms with Gasteiger partial charge in [-0.15, -0.1) is 0 Å². The third kappa shape index (κ3) is 6.39. The fourth-order valence-electron chi connectivity index (χ4n) is 1.23. The molecule has 1 unspecified atom stereocenters. The molecule has 7 nitrogen and oxygen atoms in total. The fourth-order valence-corrected chi connectivity index (χ4v) is 1.23. The predicted octanol–water partition coefficient (Wildman–Crippen LogP) is -0.515. The lowest BCUT2D eigenvalue weighted by Crippen LogP contribution is -2.42. The number of carboxylic acid groups (broad SMARTS) is 1. The lowest BCUT2D eigenvalue weighted by atomic mass is 10.1. The Balaban J connectivity index is 3.96. The number of nitrogens with zero attached hydrogens (tertiary/aromatic N) is 1. The number of nitrogens with one attached hydrogen (secondary N) is 2. The molecule has 0 bridgehead atoms. The van der Waals surface area contributed by atoms with Crippen molar-refractivity contribution in [2.24, 2.45) is 5.92 Å². The number of rotatable bonds is 6. The zero-order valence-electron chi connectivity index (χ0n) is 10.3. The topological polar surface area (TPSA) is 98.7 Å². The number of carbonyl (C=O) groups excluding carboxylic acids is 2. The predicted molar refractivity (Wildman–Crippen MR) is 61.5 cm³/mol. The van der Waals surface area contributed by atoms with Gasteiger partial charge in [-0.2, -0.15) is 0 Å². The van der Waals surface area contributed by atoms with Gasteiger partial charge in [0.2, 0.25) is 5.91 Å². The van der Waals surface area contributed by atoms with Crippen LogP contribution in [0.5, 0.6) is 0 Å². The molecule has 0 saturated carbocycles. The number of hydrogen-bond acceptors (Lipinski definition) is 3. The molecule has 7 heteroatoms. The van der Waals surface area contributed by atoms with Gasteiger partial charge in [-0.25, -0.2) is 4.79 Å². The minimum atomic E-state index is -0.966. The number of carbonyl (C=O) groups is 3. The summed E-state index contributed by atoms with van der Waals surface area (Å²) < 4.78 is 0. The average molecular weight is 245 g/mol. The second kappa shape index (κ2) is 7.48. The quantitative estimate of drug-likeness (QED) is 0.586. The van der Waals surface area contributed by atoms with Crippen molar-refractivity contribution in [2.75, 3.05) is 27.2 Å². The fraction of sp³-hybridized carbons (Fsp3) is 0.700. The van der Waals surface area contributed by atoms with E-state index in [1.165, 1.54) is 11.9 Å². The zero-order chi connectivity index (χ0) is 13.4. The summed E-state index contributed by atoms with van der Waals surface area (Å²) in [6.07, 6.45) is -0.120. The van der Waals surface area contributed by atoms with Crippen molar-refractivity contribution in [1.82, 2.24) is 15.5 Å². The van der Waals surface area contributed by atoms with E-state index in [1.807, 2.05) is 0 Å². The summed E-state index contributed by atoms with van der Waals surface area (Å²) in [5.41, 5.74) is 0. The largest absolute Gasteiger partial charge is 0.481 e. The van der Waals surface area contributed by atoms with Crippen molar-refractivity contribution in [3.05, 3.63) is 0 Å². The number of carboxylic acids is 1.